The lowest BCUT2D eigenvalue weighted by atomic mass is 9.82. The van der Waals surface area contributed by atoms with Crippen LogP contribution in [-0.2, 0) is 9.53 Å². The van der Waals surface area contributed by atoms with Crippen molar-refractivity contribution in [3.05, 3.63) is 35.9 Å². The van der Waals surface area contributed by atoms with Crippen molar-refractivity contribution < 1.29 is 9.53 Å². The number of amides is 1. The summed E-state index contributed by atoms with van der Waals surface area (Å²) >= 11 is 0. The second-order valence-electron chi connectivity index (χ2n) is 5.35. The van der Waals surface area contributed by atoms with Crippen LogP contribution in [0.15, 0.2) is 30.3 Å². The summed E-state index contributed by atoms with van der Waals surface area (Å²) in [6, 6.07) is 11.0. The lowest BCUT2D eigenvalue weighted by molar-refractivity contribution is -0.131. The average molecular weight is 261 g/mol. The van der Waals surface area contributed by atoms with E-state index in [4.69, 9.17) is 4.74 Å². The van der Waals surface area contributed by atoms with Crippen molar-refractivity contribution in [2.75, 3.05) is 7.11 Å². The Labute approximate surface area is 115 Å². The van der Waals surface area contributed by atoms with Gasteiger partial charge < -0.3 is 10.1 Å². The maximum atomic E-state index is 11.8. The molecule has 0 radical (unpaired) electrons. The molecule has 0 aromatic heterocycles. The van der Waals surface area contributed by atoms with Gasteiger partial charge in [-0.25, -0.2) is 0 Å². The number of carbonyl (C=O) groups excluding carboxylic acids is 1. The summed E-state index contributed by atoms with van der Waals surface area (Å²) < 4.78 is 5.03. The van der Waals surface area contributed by atoms with Crippen molar-refractivity contribution >= 4 is 5.91 Å². The summed E-state index contributed by atoms with van der Waals surface area (Å²) in [6.45, 7) is 1.78. The molecule has 1 saturated carbocycles. The molecule has 2 rings (SSSR count). The number of nitrogens with one attached hydrogen (secondary N) is 1. The Bertz CT molecular complexity index is 396. The highest BCUT2D eigenvalue weighted by Gasteiger charge is 2.24. The molecule has 1 aromatic rings. The third kappa shape index (κ3) is 3.80. The quantitative estimate of drug-likeness (QED) is 0.905. The van der Waals surface area contributed by atoms with E-state index in [1.165, 1.54) is 5.56 Å². The Morgan fingerprint density at radius 3 is 2.42 bits per heavy atom. The molecule has 19 heavy (non-hydrogen) atoms. The van der Waals surface area contributed by atoms with Gasteiger partial charge in [-0.1, -0.05) is 30.3 Å². The minimum absolute atomic E-state index is 0.00524. The highest BCUT2D eigenvalue weighted by Crippen LogP contribution is 2.32. The fourth-order valence-corrected chi connectivity index (χ4v) is 2.72. The number of carbonyl (C=O) groups is 1. The first kappa shape index (κ1) is 14.1. The fraction of sp³-hybridized carbons (Fsp3) is 0.562. The molecule has 1 aliphatic rings. The predicted octanol–water partition coefficient (Wildman–Crippen LogP) is 2.86. The molecule has 1 unspecified atom stereocenters. The summed E-state index contributed by atoms with van der Waals surface area (Å²) in [5.41, 5.74) is 1.43. The summed E-state index contributed by atoms with van der Waals surface area (Å²) in [7, 11) is 1.57. The van der Waals surface area contributed by atoms with Gasteiger partial charge in [-0.15, -0.1) is 0 Å². The van der Waals surface area contributed by atoms with E-state index in [1.54, 1.807) is 14.0 Å². The lowest BCUT2D eigenvalue weighted by Gasteiger charge is -2.30. The van der Waals surface area contributed by atoms with E-state index in [1.807, 2.05) is 0 Å². The van der Waals surface area contributed by atoms with Crippen LogP contribution in [0.2, 0.25) is 0 Å². The van der Waals surface area contributed by atoms with Crippen molar-refractivity contribution in [2.45, 2.75) is 50.7 Å². The number of hydrogen-bond donors (Lipinski definition) is 1. The van der Waals surface area contributed by atoms with Gasteiger partial charge in [0, 0.05) is 13.2 Å². The van der Waals surface area contributed by atoms with E-state index in [-0.39, 0.29) is 12.0 Å². The van der Waals surface area contributed by atoms with Crippen molar-refractivity contribution in [3.8, 4) is 0 Å². The van der Waals surface area contributed by atoms with E-state index in [9.17, 15) is 4.79 Å². The minimum Gasteiger partial charge on any atom is -0.372 e. The van der Waals surface area contributed by atoms with Crippen molar-refractivity contribution in [1.29, 1.82) is 0 Å². The molecule has 1 aliphatic carbocycles. The third-order valence-electron chi connectivity index (χ3n) is 4.07. The van der Waals surface area contributed by atoms with E-state index in [0.717, 1.165) is 25.7 Å². The molecule has 0 bridgehead atoms. The van der Waals surface area contributed by atoms with Crippen LogP contribution in [0.25, 0.3) is 0 Å². The zero-order valence-electron chi connectivity index (χ0n) is 11.8. The van der Waals surface area contributed by atoms with Crippen molar-refractivity contribution in [1.82, 2.24) is 5.32 Å². The third-order valence-corrected chi connectivity index (χ3v) is 4.07. The number of benzene rings is 1. The topological polar surface area (TPSA) is 38.3 Å². The summed E-state index contributed by atoms with van der Waals surface area (Å²) in [4.78, 5) is 11.8. The highest BCUT2D eigenvalue weighted by atomic mass is 16.5. The van der Waals surface area contributed by atoms with Crippen LogP contribution >= 0.6 is 0 Å². The molecule has 1 amide bonds. The highest BCUT2D eigenvalue weighted by molar-refractivity contribution is 5.80. The van der Waals surface area contributed by atoms with Gasteiger partial charge in [0.1, 0.15) is 6.10 Å². The molecule has 0 aliphatic heterocycles. The Morgan fingerprint density at radius 2 is 1.84 bits per heavy atom. The van der Waals surface area contributed by atoms with Crippen LogP contribution in [0.3, 0.4) is 0 Å². The Hall–Kier alpha value is -1.35. The van der Waals surface area contributed by atoms with Gasteiger partial charge in [0.25, 0.3) is 0 Å². The zero-order chi connectivity index (χ0) is 13.7. The maximum absolute atomic E-state index is 11.8. The molecule has 3 nitrogen and oxygen atoms in total. The average Bonchev–Trinajstić information content (AvgIpc) is 2.48. The Morgan fingerprint density at radius 1 is 1.21 bits per heavy atom. The predicted molar refractivity (Wildman–Crippen MR) is 76.1 cm³/mol. The maximum Gasteiger partial charge on any atom is 0.249 e. The van der Waals surface area contributed by atoms with Crippen LogP contribution in [-0.4, -0.2) is 25.2 Å². The minimum atomic E-state index is -0.355. The number of methoxy groups -OCH3 is 1. The number of hydrogen-bond acceptors (Lipinski definition) is 2. The van der Waals surface area contributed by atoms with Gasteiger partial charge in [-0.3, -0.25) is 4.79 Å². The molecule has 1 aromatic carbocycles. The van der Waals surface area contributed by atoms with Gasteiger partial charge in [0.15, 0.2) is 0 Å². The Kier molecular flexibility index (Phi) is 4.97. The standard InChI is InChI=1S/C16H23NO2/c1-12(19-2)16(18)17-15-10-8-14(9-11-15)13-6-4-3-5-7-13/h3-7,12,14-15H,8-11H2,1-2H3,(H,17,18). The monoisotopic (exact) mass is 261 g/mol. The molecular weight excluding hydrogens is 238 g/mol. The number of rotatable bonds is 4. The van der Waals surface area contributed by atoms with Crippen LogP contribution in [0.4, 0.5) is 0 Å². The van der Waals surface area contributed by atoms with E-state index in [0.29, 0.717) is 12.0 Å². The number of ether oxygens (including phenoxy) is 1. The summed E-state index contributed by atoms with van der Waals surface area (Å²) in [5, 5.41) is 3.08. The first-order valence-corrected chi connectivity index (χ1v) is 7.09. The lowest BCUT2D eigenvalue weighted by Crippen LogP contribution is -2.42. The van der Waals surface area contributed by atoms with Crippen molar-refractivity contribution in [2.24, 2.45) is 0 Å². The van der Waals surface area contributed by atoms with E-state index < -0.39 is 0 Å². The van der Waals surface area contributed by atoms with Crippen LogP contribution in [0.5, 0.6) is 0 Å². The molecule has 1 N–H and O–H groups in total. The molecule has 1 atom stereocenters. The molecule has 104 valence electrons. The van der Waals surface area contributed by atoms with Gasteiger partial charge in [0.05, 0.1) is 0 Å². The molecule has 1 fully saturated rings. The first-order valence-electron chi connectivity index (χ1n) is 7.09. The Balaban J connectivity index is 1.81. The first-order chi connectivity index (χ1) is 9.20. The normalized spacial score (nSPS) is 24.7. The summed E-state index contributed by atoms with van der Waals surface area (Å²) in [5.74, 6) is 0.653. The molecular formula is C16H23NO2. The van der Waals surface area contributed by atoms with Crippen LogP contribution in [0, 0.1) is 0 Å². The van der Waals surface area contributed by atoms with Gasteiger partial charge in [-0.2, -0.15) is 0 Å². The fourth-order valence-electron chi connectivity index (χ4n) is 2.72. The zero-order valence-corrected chi connectivity index (χ0v) is 11.8. The molecule has 0 spiro atoms. The smallest absolute Gasteiger partial charge is 0.249 e. The second kappa shape index (κ2) is 6.71. The van der Waals surface area contributed by atoms with Crippen LogP contribution < -0.4 is 5.32 Å². The van der Waals surface area contributed by atoms with E-state index in [2.05, 4.69) is 35.6 Å². The second-order valence-corrected chi connectivity index (χ2v) is 5.35. The largest absolute Gasteiger partial charge is 0.372 e. The van der Waals surface area contributed by atoms with Gasteiger partial charge in [0.2, 0.25) is 5.91 Å². The molecule has 3 heteroatoms. The van der Waals surface area contributed by atoms with Crippen molar-refractivity contribution in [3.63, 3.8) is 0 Å². The summed E-state index contributed by atoms with van der Waals surface area (Å²) in [6.07, 6.45) is 4.06. The molecule has 0 saturated heterocycles. The molecule has 0 heterocycles. The SMILES string of the molecule is COC(C)C(=O)NC1CCC(c2ccccc2)CC1. The van der Waals surface area contributed by atoms with Gasteiger partial charge >= 0.3 is 0 Å². The van der Waals surface area contributed by atoms with E-state index >= 15 is 0 Å². The van der Waals surface area contributed by atoms with Gasteiger partial charge in [-0.05, 0) is 44.1 Å². The van der Waals surface area contributed by atoms with Crippen LogP contribution in [0.1, 0.15) is 44.1 Å².